The third kappa shape index (κ3) is 3.92. The van der Waals surface area contributed by atoms with Crippen LogP contribution in [0.1, 0.15) is 25.7 Å². The maximum absolute atomic E-state index is 10.3. The van der Waals surface area contributed by atoms with Gasteiger partial charge < -0.3 is 10.4 Å². The highest BCUT2D eigenvalue weighted by Crippen LogP contribution is 2.34. The van der Waals surface area contributed by atoms with Crippen LogP contribution in [0, 0.1) is 5.92 Å². The molecule has 3 rings (SSSR count). The molecule has 4 heteroatoms. The topological polar surface area (TPSA) is 38.7 Å². The molecular weight excluding hydrogens is 226 g/mol. The average molecular weight is 253 g/mol. The quantitative estimate of drug-likeness (QED) is 0.676. The van der Waals surface area contributed by atoms with Crippen molar-refractivity contribution in [2.24, 2.45) is 5.92 Å². The highest BCUT2D eigenvalue weighted by atomic mass is 16.3. The average Bonchev–Trinajstić information content (AvgIpc) is 3.24. The lowest BCUT2D eigenvalue weighted by molar-refractivity contribution is 0.0651. The number of rotatable bonds is 7. The first-order valence-corrected chi connectivity index (χ1v) is 7.66. The van der Waals surface area contributed by atoms with Crippen LogP contribution in [0.15, 0.2) is 0 Å². The standard InChI is InChI=1S/C14H27N3O/c18-14(10-16-7-5-15-6-8-16)11-17(13-3-4-13)9-12-1-2-12/h12-15,18H,1-11H2. The van der Waals surface area contributed by atoms with E-state index in [0.717, 1.165) is 51.2 Å². The fourth-order valence-corrected chi connectivity index (χ4v) is 2.96. The first-order valence-electron chi connectivity index (χ1n) is 7.66. The van der Waals surface area contributed by atoms with Crippen LogP contribution >= 0.6 is 0 Å². The second-order valence-corrected chi connectivity index (χ2v) is 6.33. The predicted octanol–water partition coefficient (Wildman–Crippen LogP) is 0.127. The summed E-state index contributed by atoms with van der Waals surface area (Å²) in [6, 6.07) is 0.795. The Kier molecular flexibility index (Phi) is 4.19. The Morgan fingerprint density at radius 2 is 1.89 bits per heavy atom. The fraction of sp³-hybridized carbons (Fsp3) is 1.00. The van der Waals surface area contributed by atoms with Gasteiger partial charge in [0.1, 0.15) is 0 Å². The molecule has 0 spiro atoms. The molecule has 0 aromatic carbocycles. The van der Waals surface area contributed by atoms with Gasteiger partial charge in [0.15, 0.2) is 0 Å². The molecule has 2 saturated carbocycles. The van der Waals surface area contributed by atoms with E-state index in [1.54, 1.807) is 0 Å². The Bertz CT molecular complexity index is 260. The highest BCUT2D eigenvalue weighted by Gasteiger charge is 2.34. The molecule has 1 heterocycles. The first kappa shape index (κ1) is 12.9. The zero-order valence-electron chi connectivity index (χ0n) is 11.4. The lowest BCUT2D eigenvalue weighted by atomic mass is 10.2. The number of hydrogen-bond donors (Lipinski definition) is 2. The summed E-state index contributed by atoms with van der Waals surface area (Å²) in [5, 5.41) is 13.6. The van der Waals surface area contributed by atoms with Crippen molar-refractivity contribution in [2.75, 3.05) is 45.8 Å². The van der Waals surface area contributed by atoms with Crippen LogP contribution in [-0.2, 0) is 0 Å². The number of aliphatic hydroxyl groups excluding tert-OH is 1. The molecule has 1 atom stereocenters. The van der Waals surface area contributed by atoms with E-state index in [1.165, 1.54) is 32.2 Å². The molecule has 1 aliphatic heterocycles. The number of aliphatic hydroxyl groups is 1. The summed E-state index contributed by atoms with van der Waals surface area (Å²) in [5.41, 5.74) is 0. The summed E-state index contributed by atoms with van der Waals surface area (Å²) in [6.07, 6.45) is 5.37. The van der Waals surface area contributed by atoms with Gasteiger partial charge in [0.25, 0.3) is 0 Å². The van der Waals surface area contributed by atoms with Crippen LogP contribution in [0.3, 0.4) is 0 Å². The first-order chi connectivity index (χ1) is 8.81. The normalized spacial score (nSPS) is 27.7. The molecule has 0 aromatic heterocycles. The molecule has 1 saturated heterocycles. The molecule has 0 aromatic rings. The number of piperazine rings is 1. The smallest absolute Gasteiger partial charge is 0.0793 e. The number of nitrogens with zero attached hydrogens (tertiary/aromatic N) is 2. The molecule has 3 aliphatic rings. The van der Waals surface area contributed by atoms with Crippen molar-refractivity contribution in [1.82, 2.24) is 15.1 Å². The van der Waals surface area contributed by atoms with Gasteiger partial charge in [-0.05, 0) is 31.6 Å². The molecule has 2 N–H and O–H groups in total. The SMILES string of the molecule is OC(CN1CCNCC1)CN(CC1CC1)C1CC1. The summed E-state index contributed by atoms with van der Waals surface area (Å²) >= 11 is 0. The van der Waals surface area contributed by atoms with Gasteiger partial charge in [0.2, 0.25) is 0 Å². The molecular formula is C14H27N3O. The lowest BCUT2D eigenvalue weighted by Gasteiger charge is -2.31. The van der Waals surface area contributed by atoms with Crippen molar-refractivity contribution < 1.29 is 5.11 Å². The van der Waals surface area contributed by atoms with Crippen molar-refractivity contribution in [3.63, 3.8) is 0 Å². The maximum Gasteiger partial charge on any atom is 0.0793 e. The van der Waals surface area contributed by atoms with E-state index in [9.17, 15) is 5.11 Å². The van der Waals surface area contributed by atoms with Gasteiger partial charge in [0, 0.05) is 51.9 Å². The van der Waals surface area contributed by atoms with E-state index in [2.05, 4.69) is 15.1 Å². The van der Waals surface area contributed by atoms with E-state index in [4.69, 9.17) is 0 Å². The minimum atomic E-state index is -0.164. The second kappa shape index (κ2) is 5.87. The molecule has 0 bridgehead atoms. The van der Waals surface area contributed by atoms with Gasteiger partial charge in [0.05, 0.1) is 6.10 Å². The van der Waals surface area contributed by atoms with E-state index in [0.29, 0.717) is 0 Å². The summed E-state index contributed by atoms with van der Waals surface area (Å²) in [4.78, 5) is 4.95. The number of nitrogens with one attached hydrogen (secondary N) is 1. The molecule has 4 nitrogen and oxygen atoms in total. The number of hydrogen-bond acceptors (Lipinski definition) is 4. The van der Waals surface area contributed by atoms with Crippen LogP contribution in [0.5, 0.6) is 0 Å². The van der Waals surface area contributed by atoms with Gasteiger partial charge in [-0.15, -0.1) is 0 Å². The fourth-order valence-electron chi connectivity index (χ4n) is 2.96. The van der Waals surface area contributed by atoms with Gasteiger partial charge in [-0.3, -0.25) is 9.80 Å². The Morgan fingerprint density at radius 1 is 1.17 bits per heavy atom. The predicted molar refractivity (Wildman–Crippen MR) is 72.6 cm³/mol. The zero-order chi connectivity index (χ0) is 12.4. The van der Waals surface area contributed by atoms with Gasteiger partial charge in [-0.1, -0.05) is 0 Å². The summed E-state index contributed by atoms with van der Waals surface area (Å²) in [7, 11) is 0. The van der Waals surface area contributed by atoms with Gasteiger partial charge in [-0.2, -0.15) is 0 Å². The molecule has 0 radical (unpaired) electrons. The van der Waals surface area contributed by atoms with E-state index >= 15 is 0 Å². The van der Waals surface area contributed by atoms with Crippen LogP contribution in [0.2, 0.25) is 0 Å². The van der Waals surface area contributed by atoms with Crippen molar-refractivity contribution in [2.45, 2.75) is 37.8 Å². The Hall–Kier alpha value is -0.160. The van der Waals surface area contributed by atoms with Crippen LogP contribution < -0.4 is 5.32 Å². The Morgan fingerprint density at radius 3 is 2.50 bits per heavy atom. The van der Waals surface area contributed by atoms with Gasteiger partial charge >= 0.3 is 0 Å². The van der Waals surface area contributed by atoms with Crippen molar-refractivity contribution in [1.29, 1.82) is 0 Å². The number of β-amino-alcohol motifs (C(OH)–C–C–N with tert-alkyl or cyclic N) is 1. The minimum absolute atomic E-state index is 0.164. The summed E-state index contributed by atoms with van der Waals surface area (Å²) in [5.74, 6) is 0.942. The molecule has 1 unspecified atom stereocenters. The zero-order valence-corrected chi connectivity index (χ0v) is 11.4. The van der Waals surface area contributed by atoms with Crippen LogP contribution in [-0.4, -0.2) is 72.9 Å². The van der Waals surface area contributed by atoms with E-state index < -0.39 is 0 Å². The Balaban J connectivity index is 1.41. The molecule has 104 valence electrons. The monoisotopic (exact) mass is 253 g/mol. The van der Waals surface area contributed by atoms with Crippen molar-refractivity contribution >= 4 is 0 Å². The van der Waals surface area contributed by atoms with Gasteiger partial charge in [-0.25, -0.2) is 0 Å². The third-order valence-electron chi connectivity index (χ3n) is 4.38. The summed E-state index contributed by atoms with van der Waals surface area (Å²) < 4.78 is 0. The summed E-state index contributed by atoms with van der Waals surface area (Å²) in [6.45, 7) is 7.30. The molecule has 3 fully saturated rings. The Labute approximate surface area is 110 Å². The minimum Gasteiger partial charge on any atom is -0.390 e. The van der Waals surface area contributed by atoms with Crippen molar-refractivity contribution in [3.05, 3.63) is 0 Å². The van der Waals surface area contributed by atoms with Crippen LogP contribution in [0.4, 0.5) is 0 Å². The molecule has 2 aliphatic carbocycles. The largest absolute Gasteiger partial charge is 0.390 e. The maximum atomic E-state index is 10.3. The molecule has 0 amide bonds. The third-order valence-corrected chi connectivity index (χ3v) is 4.38. The van der Waals surface area contributed by atoms with Crippen LogP contribution in [0.25, 0.3) is 0 Å². The molecule has 18 heavy (non-hydrogen) atoms. The van der Waals surface area contributed by atoms with Crippen molar-refractivity contribution in [3.8, 4) is 0 Å². The van der Waals surface area contributed by atoms with E-state index in [-0.39, 0.29) is 6.10 Å². The highest BCUT2D eigenvalue weighted by molar-refractivity contribution is 4.89. The second-order valence-electron chi connectivity index (χ2n) is 6.33. The van der Waals surface area contributed by atoms with E-state index in [1.807, 2.05) is 0 Å². The lowest BCUT2D eigenvalue weighted by Crippen LogP contribution is -2.48.